The van der Waals surface area contributed by atoms with Gasteiger partial charge in [0.05, 0.1) is 6.61 Å². The average molecular weight is 480 g/mol. The molecule has 0 aliphatic carbocycles. The van der Waals surface area contributed by atoms with E-state index in [0.717, 1.165) is 10.8 Å². The number of ether oxygens (including phenoxy) is 2. The maximum absolute atomic E-state index is 12.0. The number of hydrogen-bond acceptors (Lipinski definition) is 4. The lowest BCUT2D eigenvalue weighted by Gasteiger charge is -2.25. The highest BCUT2D eigenvalue weighted by atomic mass is 127. The van der Waals surface area contributed by atoms with E-state index in [1.54, 1.807) is 0 Å². The number of carbonyl (C=O) groups is 2. The second-order valence-electron chi connectivity index (χ2n) is 4.34. The summed E-state index contributed by atoms with van der Waals surface area (Å²) in [6.07, 6.45) is 3.07. The third-order valence-corrected chi connectivity index (χ3v) is 5.43. The molecular formula is C12H18I2O4. The quantitative estimate of drug-likeness (QED) is 0.354. The molecule has 1 heterocycles. The van der Waals surface area contributed by atoms with Crippen molar-refractivity contribution in [2.75, 3.05) is 11.0 Å². The summed E-state index contributed by atoms with van der Waals surface area (Å²) in [5, 5.41) is 0. The van der Waals surface area contributed by atoms with Gasteiger partial charge < -0.3 is 9.47 Å². The van der Waals surface area contributed by atoms with Crippen LogP contribution < -0.4 is 0 Å². The summed E-state index contributed by atoms with van der Waals surface area (Å²) < 4.78 is 10.7. The SMILES string of the molecule is CCOC(=O)C1(I)CCCC(=O)OC(CI)CC1. The number of carbonyl (C=O) groups excluding carboxylic acids is 2. The van der Waals surface area contributed by atoms with Gasteiger partial charge in [-0.1, -0.05) is 45.2 Å². The first-order valence-electron chi connectivity index (χ1n) is 6.13. The topological polar surface area (TPSA) is 52.6 Å². The molecule has 2 unspecified atom stereocenters. The van der Waals surface area contributed by atoms with Crippen LogP contribution in [0.3, 0.4) is 0 Å². The number of esters is 2. The average Bonchev–Trinajstić information content (AvgIpc) is 2.40. The van der Waals surface area contributed by atoms with Gasteiger partial charge in [0.1, 0.15) is 9.53 Å². The van der Waals surface area contributed by atoms with Crippen molar-refractivity contribution >= 4 is 57.1 Å². The first-order valence-corrected chi connectivity index (χ1v) is 8.74. The van der Waals surface area contributed by atoms with Crippen molar-refractivity contribution in [3.05, 3.63) is 0 Å². The largest absolute Gasteiger partial charge is 0.465 e. The Balaban J connectivity index is 2.74. The molecule has 2 atom stereocenters. The Morgan fingerprint density at radius 2 is 2.28 bits per heavy atom. The summed E-state index contributed by atoms with van der Waals surface area (Å²) in [4.78, 5) is 23.5. The van der Waals surface area contributed by atoms with E-state index >= 15 is 0 Å². The third-order valence-electron chi connectivity index (χ3n) is 2.93. The van der Waals surface area contributed by atoms with Gasteiger partial charge in [0.2, 0.25) is 0 Å². The Bertz CT molecular complexity index is 308. The summed E-state index contributed by atoms with van der Waals surface area (Å²) in [5.41, 5.74) is 0. The third kappa shape index (κ3) is 4.82. The van der Waals surface area contributed by atoms with Crippen molar-refractivity contribution in [3.63, 3.8) is 0 Å². The lowest BCUT2D eigenvalue weighted by molar-refractivity contribution is -0.148. The van der Waals surface area contributed by atoms with Gasteiger partial charge in [-0.3, -0.25) is 9.59 Å². The zero-order valence-corrected chi connectivity index (χ0v) is 14.7. The normalized spacial score (nSPS) is 29.7. The highest BCUT2D eigenvalue weighted by molar-refractivity contribution is 14.1. The molecule has 1 fully saturated rings. The van der Waals surface area contributed by atoms with E-state index in [-0.39, 0.29) is 18.0 Å². The van der Waals surface area contributed by atoms with Crippen molar-refractivity contribution in [2.45, 2.75) is 48.6 Å². The van der Waals surface area contributed by atoms with Gasteiger partial charge in [0.25, 0.3) is 0 Å². The van der Waals surface area contributed by atoms with Crippen LogP contribution in [0.1, 0.15) is 39.0 Å². The van der Waals surface area contributed by atoms with E-state index in [2.05, 4.69) is 45.2 Å². The molecule has 1 aliphatic rings. The predicted molar refractivity (Wildman–Crippen MR) is 85.2 cm³/mol. The maximum atomic E-state index is 12.0. The minimum atomic E-state index is -0.508. The van der Waals surface area contributed by atoms with E-state index < -0.39 is 3.42 Å². The molecule has 0 N–H and O–H groups in total. The van der Waals surface area contributed by atoms with Gasteiger partial charge >= 0.3 is 11.9 Å². The predicted octanol–water partition coefficient (Wildman–Crippen LogP) is 3.03. The molecule has 6 heteroatoms. The lowest BCUT2D eigenvalue weighted by Crippen LogP contribution is -2.34. The number of cyclic esters (lactones) is 1. The maximum Gasteiger partial charge on any atom is 0.322 e. The van der Waals surface area contributed by atoms with Crippen molar-refractivity contribution in [1.82, 2.24) is 0 Å². The van der Waals surface area contributed by atoms with Crippen LogP contribution in [0.5, 0.6) is 0 Å². The Morgan fingerprint density at radius 1 is 1.56 bits per heavy atom. The van der Waals surface area contributed by atoms with Crippen LogP contribution in [-0.4, -0.2) is 32.5 Å². The van der Waals surface area contributed by atoms with E-state index in [1.165, 1.54) is 0 Å². The summed E-state index contributed by atoms with van der Waals surface area (Å²) in [7, 11) is 0. The summed E-state index contributed by atoms with van der Waals surface area (Å²) >= 11 is 4.40. The van der Waals surface area contributed by atoms with Crippen molar-refractivity contribution in [1.29, 1.82) is 0 Å². The number of halogens is 2. The molecule has 1 aliphatic heterocycles. The van der Waals surface area contributed by atoms with Crippen molar-refractivity contribution in [2.24, 2.45) is 0 Å². The first kappa shape index (κ1) is 16.5. The fraction of sp³-hybridized carbons (Fsp3) is 0.833. The van der Waals surface area contributed by atoms with E-state index in [0.29, 0.717) is 32.3 Å². The molecular weight excluding hydrogens is 462 g/mol. The van der Waals surface area contributed by atoms with Crippen molar-refractivity contribution < 1.29 is 19.1 Å². The van der Waals surface area contributed by atoms with Gasteiger partial charge in [-0.2, -0.15) is 0 Å². The minimum absolute atomic E-state index is 0.0835. The van der Waals surface area contributed by atoms with Crippen LogP contribution in [0.2, 0.25) is 0 Å². The molecule has 0 amide bonds. The number of rotatable bonds is 3. The van der Waals surface area contributed by atoms with Gasteiger partial charge in [0.15, 0.2) is 0 Å². The van der Waals surface area contributed by atoms with Crippen molar-refractivity contribution in [3.8, 4) is 0 Å². The van der Waals surface area contributed by atoms with Crippen LogP contribution in [0.4, 0.5) is 0 Å². The number of hydrogen-bond donors (Lipinski definition) is 0. The standard InChI is InChI=1S/C12H18I2O4/c1-2-17-11(16)12(14)6-3-4-10(15)18-9(8-13)5-7-12/h9H,2-8H2,1H3. The molecule has 0 aromatic carbocycles. The highest BCUT2D eigenvalue weighted by Crippen LogP contribution is 2.35. The van der Waals surface area contributed by atoms with Gasteiger partial charge in [-0.25, -0.2) is 0 Å². The molecule has 1 rings (SSSR count). The molecule has 0 aromatic rings. The Labute approximate surface area is 135 Å². The molecule has 0 saturated carbocycles. The van der Waals surface area contributed by atoms with Gasteiger partial charge in [-0.05, 0) is 32.6 Å². The second-order valence-corrected chi connectivity index (χ2v) is 7.29. The molecule has 0 aromatic heterocycles. The van der Waals surface area contributed by atoms with Crippen LogP contribution in [-0.2, 0) is 19.1 Å². The smallest absolute Gasteiger partial charge is 0.322 e. The van der Waals surface area contributed by atoms with Crippen LogP contribution in [0, 0.1) is 0 Å². The minimum Gasteiger partial charge on any atom is -0.465 e. The zero-order chi connectivity index (χ0) is 13.6. The highest BCUT2D eigenvalue weighted by Gasteiger charge is 2.38. The lowest BCUT2D eigenvalue weighted by atomic mass is 9.96. The summed E-state index contributed by atoms with van der Waals surface area (Å²) in [6, 6.07) is 0. The summed E-state index contributed by atoms with van der Waals surface area (Å²) in [5.74, 6) is -0.312. The molecule has 1 saturated heterocycles. The van der Waals surface area contributed by atoms with Gasteiger partial charge in [-0.15, -0.1) is 0 Å². The van der Waals surface area contributed by atoms with E-state index in [4.69, 9.17) is 9.47 Å². The second kappa shape index (κ2) is 7.86. The molecule has 0 bridgehead atoms. The monoisotopic (exact) mass is 480 g/mol. The molecule has 0 spiro atoms. The summed E-state index contributed by atoms with van der Waals surface area (Å²) in [6.45, 7) is 2.21. The zero-order valence-electron chi connectivity index (χ0n) is 10.4. The van der Waals surface area contributed by atoms with Crippen LogP contribution in [0.25, 0.3) is 0 Å². The van der Waals surface area contributed by atoms with Gasteiger partial charge in [0, 0.05) is 10.8 Å². The van der Waals surface area contributed by atoms with Crippen LogP contribution >= 0.6 is 45.2 Å². The molecule has 18 heavy (non-hydrogen) atoms. The Morgan fingerprint density at radius 3 is 2.89 bits per heavy atom. The fourth-order valence-corrected chi connectivity index (χ4v) is 3.37. The fourth-order valence-electron chi connectivity index (χ4n) is 1.90. The van der Waals surface area contributed by atoms with E-state index in [1.807, 2.05) is 6.92 Å². The van der Waals surface area contributed by atoms with Crippen LogP contribution in [0.15, 0.2) is 0 Å². The molecule has 0 radical (unpaired) electrons. The Kier molecular flexibility index (Phi) is 7.19. The number of alkyl halides is 2. The Hall–Kier alpha value is 0.400. The van der Waals surface area contributed by atoms with E-state index in [9.17, 15) is 9.59 Å². The first-order chi connectivity index (χ1) is 8.51. The molecule has 4 nitrogen and oxygen atoms in total. The molecule has 104 valence electrons.